The number of hydrogen-bond donors (Lipinski definition) is 3. The molecule has 0 aromatic carbocycles. The number of nitrogens with zero attached hydrogens (tertiary/aromatic N) is 4. The van der Waals surface area contributed by atoms with Gasteiger partial charge in [-0.05, 0) is 37.3 Å². The lowest BCUT2D eigenvalue weighted by Gasteiger charge is -2.30. The summed E-state index contributed by atoms with van der Waals surface area (Å²) in [6.45, 7) is 6.24. The summed E-state index contributed by atoms with van der Waals surface area (Å²) in [6.07, 6.45) is 6.18. The Morgan fingerprint density at radius 3 is 2.89 bits per heavy atom. The summed E-state index contributed by atoms with van der Waals surface area (Å²) in [4.78, 5) is 13.6. The Labute approximate surface area is 163 Å². The van der Waals surface area contributed by atoms with Crippen LogP contribution < -0.4 is 5.32 Å². The van der Waals surface area contributed by atoms with Gasteiger partial charge in [0.2, 0.25) is 5.91 Å². The van der Waals surface area contributed by atoms with Gasteiger partial charge in [-0.2, -0.15) is 10.4 Å². The highest BCUT2D eigenvalue weighted by Gasteiger charge is 2.35. The molecular formula is C20H25N5O3. The van der Waals surface area contributed by atoms with Gasteiger partial charge in [0.15, 0.2) is 5.76 Å². The van der Waals surface area contributed by atoms with E-state index in [-0.39, 0.29) is 35.7 Å². The Bertz CT molecular complexity index is 921. The summed E-state index contributed by atoms with van der Waals surface area (Å²) in [6, 6.07) is 2.04. The number of allylic oxidation sites excluding steroid dienone is 3. The molecule has 0 radical (unpaired) electrons. The third-order valence-corrected chi connectivity index (χ3v) is 5.38. The first kappa shape index (κ1) is 19.8. The topological polar surface area (TPSA) is 124 Å². The molecule has 0 spiro atoms. The van der Waals surface area contributed by atoms with E-state index < -0.39 is 5.41 Å². The minimum absolute atomic E-state index is 0.0310. The van der Waals surface area contributed by atoms with Crippen molar-refractivity contribution >= 4 is 17.7 Å². The van der Waals surface area contributed by atoms with Gasteiger partial charge in [0, 0.05) is 19.1 Å². The van der Waals surface area contributed by atoms with E-state index in [2.05, 4.69) is 15.5 Å². The number of fused-ring (bicyclic) bond motifs is 1. The number of nitrogens with one attached hydrogen (secondary N) is 1. The smallest absolute Gasteiger partial charge is 0.227 e. The zero-order chi connectivity index (χ0) is 20.5. The van der Waals surface area contributed by atoms with E-state index in [0.29, 0.717) is 36.5 Å². The number of carbonyl (C=O) groups is 1. The van der Waals surface area contributed by atoms with Crippen molar-refractivity contribution in [1.29, 1.82) is 5.26 Å². The minimum atomic E-state index is -0.486. The fraction of sp³-hybridized carbons (Fsp3) is 0.500. The van der Waals surface area contributed by atoms with Crippen molar-refractivity contribution in [1.82, 2.24) is 20.3 Å². The first-order valence-corrected chi connectivity index (χ1v) is 9.43. The second-order valence-electron chi connectivity index (χ2n) is 7.60. The van der Waals surface area contributed by atoms with Crippen LogP contribution >= 0.6 is 0 Å². The molecule has 1 aromatic heterocycles. The molecule has 1 heterocycles. The summed E-state index contributed by atoms with van der Waals surface area (Å²) in [5.41, 5.74) is 1.38. The molecule has 3 rings (SSSR count). The van der Waals surface area contributed by atoms with Crippen molar-refractivity contribution in [2.75, 3.05) is 13.2 Å². The molecule has 2 aliphatic carbocycles. The Hall–Kier alpha value is -2.92. The zero-order valence-corrected chi connectivity index (χ0v) is 16.3. The van der Waals surface area contributed by atoms with Gasteiger partial charge in [-0.25, -0.2) is 0 Å². The second kappa shape index (κ2) is 7.60. The molecule has 2 aliphatic rings. The molecule has 1 aromatic rings. The van der Waals surface area contributed by atoms with Crippen LogP contribution in [-0.2, 0) is 4.79 Å². The van der Waals surface area contributed by atoms with Crippen molar-refractivity contribution in [2.24, 2.45) is 11.3 Å². The number of aromatic nitrogens is 3. The summed E-state index contributed by atoms with van der Waals surface area (Å²) in [7, 11) is 0. The summed E-state index contributed by atoms with van der Waals surface area (Å²) < 4.78 is 0. The second-order valence-corrected chi connectivity index (χ2v) is 7.60. The molecule has 3 unspecified atom stereocenters. The number of rotatable bonds is 5. The summed E-state index contributed by atoms with van der Waals surface area (Å²) in [5, 5.41) is 41.2. The Morgan fingerprint density at radius 1 is 1.50 bits per heavy atom. The van der Waals surface area contributed by atoms with E-state index in [9.17, 15) is 20.3 Å². The van der Waals surface area contributed by atoms with Crippen LogP contribution in [-0.4, -0.2) is 44.3 Å². The molecule has 148 valence electrons. The molecular weight excluding hydrogens is 358 g/mol. The maximum atomic E-state index is 12.3. The van der Waals surface area contributed by atoms with Crippen molar-refractivity contribution in [3.05, 3.63) is 34.9 Å². The van der Waals surface area contributed by atoms with E-state index in [0.717, 1.165) is 0 Å². The standard InChI is InChI=1S/C20H25N5O3/c1-4-22-19(28)14-5-6-15-17(12(14)2)24-25(23-15)16-10-20(3,7-8-26)9-13(11-21)18(16)27/h5-6,10,12,14,26-27H,4,7-9H2,1-3H3,(H,22,28). The highest BCUT2D eigenvalue weighted by molar-refractivity contribution is 5.83. The van der Waals surface area contributed by atoms with Gasteiger partial charge in [0.05, 0.1) is 23.3 Å². The Balaban J connectivity index is 2.00. The minimum Gasteiger partial charge on any atom is -0.505 e. The molecule has 3 N–H and O–H groups in total. The van der Waals surface area contributed by atoms with Crippen LogP contribution in [0.2, 0.25) is 0 Å². The summed E-state index contributed by atoms with van der Waals surface area (Å²) in [5.74, 6) is -0.721. The van der Waals surface area contributed by atoms with E-state index >= 15 is 0 Å². The van der Waals surface area contributed by atoms with Crippen molar-refractivity contribution < 1.29 is 15.0 Å². The van der Waals surface area contributed by atoms with Crippen LogP contribution in [0, 0.1) is 22.7 Å². The van der Waals surface area contributed by atoms with Crippen LogP contribution in [0.4, 0.5) is 0 Å². The fourth-order valence-electron chi connectivity index (χ4n) is 3.77. The Morgan fingerprint density at radius 2 is 2.25 bits per heavy atom. The predicted octanol–water partition coefficient (Wildman–Crippen LogP) is 2.13. The van der Waals surface area contributed by atoms with Gasteiger partial charge in [0.25, 0.3) is 0 Å². The fourth-order valence-corrected chi connectivity index (χ4v) is 3.77. The number of aliphatic hydroxyl groups is 2. The van der Waals surface area contributed by atoms with Crippen LogP contribution in [0.5, 0.6) is 0 Å². The monoisotopic (exact) mass is 383 g/mol. The molecule has 8 heteroatoms. The number of carbonyl (C=O) groups excluding carboxylic acids is 1. The molecule has 0 aliphatic heterocycles. The van der Waals surface area contributed by atoms with Crippen LogP contribution in [0.1, 0.15) is 50.9 Å². The maximum Gasteiger partial charge on any atom is 0.227 e. The van der Waals surface area contributed by atoms with Gasteiger partial charge in [0.1, 0.15) is 11.4 Å². The van der Waals surface area contributed by atoms with Gasteiger partial charge >= 0.3 is 0 Å². The third kappa shape index (κ3) is 3.45. The average molecular weight is 383 g/mol. The quantitative estimate of drug-likeness (QED) is 0.715. The maximum absolute atomic E-state index is 12.3. The predicted molar refractivity (Wildman–Crippen MR) is 104 cm³/mol. The zero-order valence-electron chi connectivity index (χ0n) is 16.3. The highest BCUT2D eigenvalue weighted by Crippen LogP contribution is 2.41. The first-order chi connectivity index (χ1) is 13.3. The lowest BCUT2D eigenvalue weighted by molar-refractivity contribution is -0.124. The number of aliphatic hydroxyl groups excluding tert-OH is 2. The average Bonchev–Trinajstić information content (AvgIpc) is 3.09. The van der Waals surface area contributed by atoms with E-state index in [4.69, 9.17) is 0 Å². The largest absolute Gasteiger partial charge is 0.505 e. The molecule has 1 amide bonds. The van der Waals surface area contributed by atoms with Gasteiger partial charge < -0.3 is 15.5 Å². The SMILES string of the molecule is CCNC(=O)C1C=Cc2nn(C3=CC(C)(CCO)CC(C#N)=C3O)nc2C1C. The number of nitriles is 1. The van der Waals surface area contributed by atoms with Crippen LogP contribution in [0.15, 0.2) is 23.5 Å². The summed E-state index contributed by atoms with van der Waals surface area (Å²) >= 11 is 0. The van der Waals surface area contributed by atoms with E-state index in [1.165, 1.54) is 4.80 Å². The van der Waals surface area contributed by atoms with E-state index in [1.807, 2.05) is 32.9 Å². The van der Waals surface area contributed by atoms with Crippen molar-refractivity contribution in [3.8, 4) is 6.07 Å². The molecule has 0 saturated heterocycles. The van der Waals surface area contributed by atoms with Gasteiger partial charge in [-0.15, -0.1) is 9.90 Å². The van der Waals surface area contributed by atoms with Gasteiger partial charge in [-0.1, -0.05) is 19.9 Å². The third-order valence-electron chi connectivity index (χ3n) is 5.38. The van der Waals surface area contributed by atoms with Gasteiger partial charge in [-0.3, -0.25) is 4.79 Å². The molecule has 8 nitrogen and oxygen atoms in total. The molecule has 0 saturated carbocycles. The van der Waals surface area contributed by atoms with Crippen molar-refractivity contribution in [3.63, 3.8) is 0 Å². The number of hydrogen-bond acceptors (Lipinski definition) is 6. The Kier molecular flexibility index (Phi) is 5.38. The van der Waals surface area contributed by atoms with E-state index in [1.54, 1.807) is 12.2 Å². The molecule has 3 atom stereocenters. The normalized spacial score (nSPS) is 26.5. The van der Waals surface area contributed by atoms with Crippen LogP contribution in [0.25, 0.3) is 11.8 Å². The lowest BCUT2D eigenvalue weighted by atomic mass is 9.76. The van der Waals surface area contributed by atoms with Crippen LogP contribution in [0.3, 0.4) is 0 Å². The molecule has 0 bridgehead atoms. The molecule has 28 heavy (non-hydrogen) atoms. The lowest BCUT2D eigenvalue weighted by Crippen LogP contribution is -2.33. The highest BCUT2D eigenvalue weighted by atomic mass is 16.3. The first-order valence-electron chi connectivity index (χ1n) is 9.43. The number of amides is 1. The van der Waals surface area contributed by atoms with Crippen molar-refractivity contribution in [2.45, 2.75) is 39.5 Å². The molecule has 0 fully saturated rings.